The Morgan fingerprint density at radius 3 is 2.86 bits per heavy atom. The molecule has 1 fully saturated rings. The Morgan fingerprint density at radius 2 is 2.09 bits per heavy atom. The van der Waals surface area contributed by atoms with Crippen LogP contribution in [0.25, 0.3) is 0 Å². The first kappa shape index (κ1) is 15.9. The fourth-order valence-electron chi connectivity index (χ4n) is 4.71. The van der Waals surface area contributed by atoms with Gasteiger partial charge in [0, 0.05) is 6.04 Å². The zero-order valence-corrected chi connectivity index (χ0v) is 14.4. The summed E-state index contributed by atoms with van der Waals surface area (Å²) in [5.41, 5.74) is 3.10. The standard InChI is InChI=1S/C20H31NO/c1-4-5-6-7-11-21-12-10-20(3)15(2)19(21)13-16-8-9-17(22)14-18(16)20/h8-9,14-15,19,22H,4-7,10-13H2,1-3H3/t15-,19+,20-/m0/s1. The van der Waals surface area contributed by atoms with Crippen molar-refractivity contribution in [1.82, 2.24) is 4.90 Å². The summed E-state index contributed by atoms with van der Waals surface area (Å²) in [7, 11) is 0. The van der Waals surface area contributed by atoms with Gasteiger partial charge >= 0.3 is 0 Å². The van der Waals surface area contributed by atoms with Crippen LogP contribution in [-0.4, -0.2) is 29.1 Å². The molecule has 3 rings (SSSR count). The molecule has 0 amide bonds. The van der Waals surface area contributed by atoms with E-state index in [9.17, 15) is 5.11 Å². The Hall–Kier alpha value is -1.02. The monoisotopic (exact) mass is 301 g/mol. The van der Waals surface area contributed by atoms with E-state index in [0.717, 1.165) is 6.42 Å². The zero-order valence-electron chi connectivity index (χ0n) is 14.4. The molecule has 1 N–H and O–H groups in total. The quantitative estimate of drug-likeness (QED) is 0.810. The highest BCUT2D eigenvalue weighted by Gasteiger charge is 2.48. The summed E-state index contributed by atoms with van der Waals surface area (Å²) in [5, 5.41) is 9.89. The Balaban J connectivity index is 1.79. The molecule has 0 unspecified atom stereocenters. The lowest BCUT2D eigenvalue weighted by atomic mass is 9.59. The SMILES string of the molecule is CCCCCCN1CC[C@]2(C)c3cc(O)ccc3C[C@@H]1[C@@H]2C. The van der Waals surface area contributed by atoms with E-state index in [4.69, 9.17) is 0 Å². The van der Waals surface area contributed by atoms with Crippen LogP contribution in [0.2, 0.25) is 0 Å². The van der Waals surface area contributed by atoms with Gasteiger partial charge in [0.25, 0.3) is 0 Å². The number of rotatable bonds is 5. The molecule has 0 saturated carbocycles. The van der Waals surface area contributed by atoms with Gasteiger partial charge in [0.05, 0.1) is 0 Å². The molecule has 1 aliphatic carbocycles. The van der Waals surface area contributed by atoms with Gasteiger partial charge in [0.15, 0.2) is 0 Å². The van der Waals surface area contributed by atoms with E-state index >= 15 is 0 Å². The Kier molecular flexibility index (Phi) is 4.49. The minimum atomic E-state index is 0.233. The number of phenolic OH excluding ortho intramolecular Hbond substituents is 1. The van der Waals surface area contributed by atoms with E-state index < -0.39 is 0 Å². The summed E-state index contributed by atoms with van der Waals surface area (Å²) in [6, 6.07) is 6.72. The van der Waals surface area contributed by atoms with Crippen LogP contribution in [0.4, 0.5) is 0 Å². The number of hydrogen-bond acceptors (Lipinski definition) is 2. The Bertz CT molecular complexity index is 526. The van der Waals surface area contributed by atoms with E-state index in [0.29, 0.717) is 17.7 Å². The van der Waals surface area contributed by atoms with Crippen LogP contribution < -0.4 is 0 Å². The summed E-state index contributed by atoms with van der Waals surface area (Å²) >= 11 is 0. The number of benzene rings is 1. The van der Waals surface area contributed by atoms with Crippen molar-refractivity contribution in [3.05, 3.63) is 29.3 Å². The van der Waals surface area contributed by atoms with Gasteiger partial charge in [-0.25, -0.2) is 0 Å². The van der Waals surface area contributed by atoms with Crippen LogP contribution in [0, 0.1) is 5.92 Å². The van der Waals surface area contributed by atoms with E-state index in [-0.39, 0.29) is 5.41 Å². The van der Waals surface area contributed by atoms with E-state index in [1.54, 1.807) is 0 Å². The van der Waals surface area contributed by atoms with Crippen molar-refractivity contribution in [2.45, 2.75) is 70.8 Å². The number of unbranched alkanes of at least 4 members (excludes halogenated alkanes) is 3. The van der Waals surface area contributed by atoms with Gasteiger partial charge in [-0.2, -0.15) is 0 Å². The van der Waals surface area contributed by atoms with Crippen molar-refractivity contribution < 1.29 is 5.11 Å². The maximum Gasteiger partial charge on any atom is 0.115 e. The third kappa shape index (κ3) is 2.67. The van der Waals surface area contributed by atoms with Crippen molar-refractivity contribution in [3.8, 4) is 5.75 Å². The topological polar surface area (TPSA) is 23.5 Å². The molecule has 22 heavy (non-hydrogen) atoms. The lowest BCUT2D eigenvalue weighted by Gasteiger charge is -2.54. The smallest absolute Gasteiger partial charge is 0.115 e. The lowest BCUT2D eigenvalue weighted by molar-refractivity contribution is 0.0303. The number of hydrogen-bond donors (Lipinski definition) is 1. The number of aromatic hydroxyl groups is 1. The molecule has 0 radical (unpaired) electrons. The molecular formula is C20H31NO. The summed E-state index contributed by atoms with van der Waals surface area (Å²) in [6.07, 6.45) is 7.77. The second-order valence-electron chi connectivity index (χ2n) is 7.67. The first-order valence-corrected chi connectivity index (χ1v) is 9.12. The molecule has 2 nitrogen and oxygen atoms in total. The van der Waals surface area contributed by atoms with E-state index in [2.05, 4.69) is 31.7 Å². The molecule has 2 aliphatic rings. The molecule has 1 aliphatic heterocycles. The maximum absolute atomic E-state index is 9.89. The molecule has 1 heterocycles. The molecule has 0 spiro atoms. The van der Waals surface area contributed by atoms with Crippen molar-refractivity contribution in [3.63, 3.8) is 0 Å². The number of likely N-dealkylation sites (tertiary alicyclic amines) is 1. The number of piperidine rings is 1. The molecule has 1 aromatic rings. The van der Waals surface area contributed by atoms with Gasteiger partial charge in [0.2, 0.25) is 0 Å². The van der Waals surface area contributed by atoms with Crippen LogP contribution in [-0.2, 0) is 11.8 Å². The average Bonchev–Trinajstić information content (AvgIpc) is 2.50. The zero-order chi connectivity index (χ0) is 15.7. The fraction of sp³-hybridized carbons (Fsp3) is 0.700. The largest absolute Gasteiger partial charge is 0.508 e. The highest BCUT2D eigenvalue weighted by atomic mass is 16.3. The Morgan fingerprint density at radius 1 is 1.27 bits per heavy atom. The van der Waals surface area contributed by atoms with Crippen molar-refractivity contribution >= 4 is 0 Å². The summed E-state index contributed by atoms with van der Waals surface area (Å²) < 4.78 is 0. The van der Waals surface area contributed by atoms with Crippen LogP contribution in [0.5, 0.6) is 5.75 Å². The molecule has 1 saturated heterocycles. The predicted octanol–water partition coefficient (Wildman–Crippen LogP) is 4.50. The third-order valence-electron chi connectivity index (χ3n) is 6.41. The molecule has 2 bridgehead atoms. The third-order valence-corrected chi connectivity index (χ3v) is 6.41. The van der Waals surface area contributed by atoms with Gasteiger partial charge < -0.3 is 5.11 Å². The number of fused-ring (bicyclic) bond motifs is 4. The van der Waals surface area contributed by atoms with Crippen molar-refractivity contribution in [1.29, 1.82) is 0 Å². The van der Waals surface area contributed by atoms with Crippen LogP contribution in [0.3, 0.4) is 0 Å². The minimum absolute atomic E-state index is 0.233. The molecular weight excluding hydrogens is 270 g/mol. The lowest BCUT2D eigenvalue weighted by Crippen LogP contribution is -2.58. The van der Waals surface area contributed by atoms with Gasteiger partial charge in [-0.05, 0) is 66.9 Å². The van der Waals surface area contributed by atoms with Crippen LogP contribution in [0.1, 0.15) is 64.0 Å². The molecule has 3 atom stereocenters. The first-order chi connectivity index (χ1) is 10.6. The highest BCUT2D eigenvalue weighted by molar-refractivity contribution is 5.44. The molecule has 2 heteroatoms. The van der Waals surface area contributed by atoms with Gasteiger partial charge in [-0.3, -0.25) is 4.90 Å². The maximum atomic E-state index is 9.89. The fourth-order valence-corrected chi connectivity index (χ4v) is 4.71. The molecule has 1 aromatic carbocycles. The molecule has 0 aromatic heterocycles. The molecule has 122 valence electrons. The first-order valence-electron chi connectivity index (χ1n) is 9.12. The number of nitrogens with zero attached hydrogens (tertiary/aromatic N) is 1. The normalized spacial score (nSPS) is 31.0. The van der Waals surface area contributed by atoms with Crippen LogP contribution >= 0.6 is 0 Å². The second-order valence-corrected chi connectivity index (χ2v) is 7.67. The Labute approximate surface area is 135 Å². The summed E-state index contributed by atoms with van der Waals surface area (Å²) in [5.74, 6) is 1.09. The van der Waals surface area contributed by atoms with Crippen molar-refractivity contribution in [2.24, 2.45) is 5.92 Å². The van der Waals surface area contributed by atoms with Gasteiger partial charge in [0.1, 0.15) is 5.75 Å². The summed E-state index contributed by atoms with van der Waals surface area (Å²) in [4.78, 5) is 2.75. The predicted molar refractivity (Wildman–Crippen MR) is 92.4 cm³/mol. The van der Waals surface area contributed by atoms with E-state index in [1.165, 1.54) is 56.3 Å². The number of phenols is 1. The van der Waals surface area contributed by atoms with Gasteiger partial charge in [-0.1, -0.05) is 46.1 Å². The minimum Gasteiger partial charge on any atom is -0.508 e. The second kappa shape index (κ2) is 6.23. The van der Waals surface area contributed by atoms with Crippen molar-refractivity contribution in [2.75, 3.05) is 13.1 Å². The van der Waals surface area contributed by atoms with E-state index in [1.807, 2.05) is 12.1 Å². The van der Waals surface area contributed by atoms with Crippen LogP contribution in [0.15, 0.2) is 18.2 Å². The average molecular weight is 301 g/mol. The summed E-state index contributed by atoms with van der Waals surface area (Å²) in [6.45, 7) is 9.60. The highest BCUT2D eigenvalue weighted by Crippen LogP contribution is 2.49. The van der Waals surface area contributed by atoms with Gasteiger partial charge in [-0.15, -0.1) is 0 Å².